The molecule has 4 nitrogen and oxygen atoms in total. The zero-order chi connectivity index (χ0) is 14.7. The van der Waals surface area contributed by atoms with E-state index < -0.39 is 0 Å². The van der Waals surface area contributed by atoms with Crippen LogP contribution in [-0.2, 0) is 11.3 Å². The second-order valence-corrected chi connectivity index (χ2v) is 6.29. The van der Waals surface area contributed by atoms with Gasteiger partial charge in [0, 0.05) is 6.04 Å². The normalized spacial score (nSPS) is 18.0. The monoisotopic (exact) mass is 297 g/mol. The number of nitrogens with zero attached hydrogens (tertiary/aromatic N) is 2. The van der Waals surface area contributed by atoms with Crippen molar-refractivity contribution in [1.29, 1.82) is 0 Å². The topological polar surface area (TPSA) is 46.9 Å². The number of aromatic nitrogens is 2. The molecule has 1 aromatic heterocycles. The van der Waals surface area contributed by atoms with Gasteiger partial charge in [0.05, 0.1) is 28.9 Å². The fourth-order valence-corrected chi connectivity index (χ4v) is 2.92. The van der Waals surface area contributed by atoms with Crippen molar-refractivity contribution in [3.63, 3.8) is 0 Å². The molecule has 20 heavy (non-hydrogen) atoms. The summed E-state index contributed by atoms with van der Waals surface area (Å²) in [6, 6.07) is 0.364. The maximum Gasteiger partial charge on any atom is 0.224 e. The highest BCUT2D eigenvalue weighted by Crippen LogP contribution is 2.21. The van der Waals surface area contributed by atoms with Crippen molar-refractivity contribution in [2.45, 2.75) is 65.5 Å². The minimum Gasteiger partial charge on any atom is -0.353 e. The number of nitrogens with one attached hydrogen (secondary N) is 1. The molecule has 1 fully saturated rings. The lowest BCUT2D eigenvalue weighted by atomic mass is 9.95. The first kappa shape index (κ1) is 15.4. The molecule has 0 spiro atoms. The Kier molecular flexibility index (Phi) is 5.08. The molecule has 5 heteroatoms. The summed E-state index contributed by atoms with van der Waals surface area (Å²) in [7, 11) is 0. The van der Waals surface area contributed by atoms with E-state index in [9.17, 15) is 4.79 Å². The molecule has 1 amide bonds. The van der Waals surface area contributed by atoms with Gasteiger partial charge >= 0.3 is 0 Å². The van der Waals surface area contributed by atoms with E-state index in [2.05, 4.69) is 10.4 Å². The molecule has 0 bridgehead atoms. The largest absolute Gasteiger partial charge is 0.353 e. The van der Waals surface area contributed by atoms with Gasteiger partial charge in [-0.05, 0) is 26.7 Å². The van der Waals surface area contributed by atoms with E-state index in [4.69, 9.17) is 11.6 Å². The van der Waals surface area contributed by atoms with Crippen LogP contribution in [0.25, 0.3) is 0 Å². The van der Waals surface area contributed by atoms with E-state index in [-0.39, 0.29) is 11.8 Å². The Morgan fingerprint density at radius 1 is 1.40 bits per heavy atom. The molecule has 1 aliphatic rings. The number of carbonyl (C=O) groups excluding carboxylic acids is 1. The van der Waals surface area contributed by atoms with Crippen molar-refractivity contribution in [2.75, 3.05) is 0 Å². The van der Waals surface area contributed by atoms with Crippen LogP contribution in [0.4, 0.5) is 0 Å². The van der Waals surface area contributed by atoms with Crippen molar-refractivity contribution in [1.82, 2.24) is 15.1 Å². The van der Waals surface area contributed by atoms with Crippen LogP contribution in [0.1, 0.15) is 50.4 Å². The van der Waals surface area contributed by atoms with Gasteiger partial charge in [0.2, 0.25) is 5.91 Å². The van der Waals surface area contributed by atoms with E-state index in [1.165, 1.54) is 19.3 Å². The third-order valence-electron chi connectivity index (χ3n) is 4.14. The van der Waals surface area contributed by atoms with E-state index in [1.807, 2.05) is 25.5 Å². The van der Waals surface area contributed by atoms with E-state index >= 15 is 0 Å². The summed E-state index contributed by atoms with van der Waals surface area (Å²) in [5.74, 6) is 0.0339. The average molecular weight is 298 g/mol. The van der Waals surface area contributed by atoms with Crippen LogP contribution in [0.3, 0.4) is 0 Å². The average Bonchev–Trinajstić information content (AvgIpc) is 2.67. The highest BCUT2D eigenvalue weighted by atomic mass is 35.5. The van der Waals surface area contributed by atoms with Gasteiger partial charge < -0.3 is 5.32 Å². The van der Waals surface area contributed by atoms with Crippen molar-refractivity contribution < 1.29 is 4.79 Å². The van der Waals surface area contributed by atoms with Crippen molar-refractivity contribution in [3.05, 3.63) is 16.4 Å². The summed E-state index contributed by atoms with van der Waals surface area (Å²) in [4.78, 5) is 12.2. The minimum absolute atomic E-state index is 0.0917. The third-order valence-corrected chi connectivity index (χ3v) is 4.69. The number of carbonyl (C=O) groups is 1. The lowest BCUT2D eigenvalue weighted by molar-refractivity contribution is -0.125. The minimum atomic E-state index is -0.0917. The zero-order valence-corrected chi connectivity index (χ0v) is 13.3. The molecule has 1 N–H and O–H groups in total. The summed E-state index contributed by atoms with van der Waals surface area (Å²) in [6.07, 6.45) is 5.99. The summed E-state index contributed by atoms with van der Waals surface area (Å²) in [5, 5.41) is 8.25. The fourth-order valence-electron chi connectivity index (χ4n) is 2.79. The molecule has 112 valence electrons. The maximum absolute atomic E-state index is 12.2. The Labute approximate surface area is 125 Å². The highest BCUT2D eigenvalue weighted by molar-refractivity contribution is 6.31. The molecule has 1 aliphatic carbocycles. The van der Waals surface area contributed by atoms with Crippen LogP contribution in [0, 0.1) is 19.8 Å². The van der Waals surface area contributed by atoms with Gasteiger partial charge in [0.25, 0.3) is 0 Å². The van der Waals surface area contributed by atoms with Crippen LogP contribution < -0.4 is 5.32 Å². The summed E-state index contributed by atoms with van der Waals surface area (Å²) >= 11 is 6.13. The highest BCUT2D eigenvalue weighted by Gasteiger charge is 2.21. The van der Waals surface area contributed by atoms with Crippen molar-refractivity contribution in [3.8, 4) is 0 Å². The third kappa shape index (κ3) is 3.54. The van der Waals surface area contributed by atoms with E-state index in [0.717, 1.165) is 24.2 Å². The first-order valence-electron chi connectivity index (χ1n) is 7.49. The summed E-state index contributed by atoms with van der Waals surface area (Å²) in [5.41, 5.74) is 1.76. The van der Waals surface area contributed by atoms with Crippen LogP contribution >= 0.6 is 11.6 Å². The Bertz CT molecular complexity index is 478. The lowest BCUT2D eigenvalue weighted by Gasteiger charge is -2.24. The van der Waals surface area contributed by atoms with Crippen molar-refractivity contribution >= 4 is 17.5 Å². The summed E-state index contributed by atoms with van der Waals surface area (Å²) < 4.78 is 1.84. The fraction of sp³-hybridized carbons (Fsp3) is 0.733. The molecule has 1 atom stereocenters. The van der Waals surface area contributed by atoms with Crippen LogP contribution in [-0.4, -0.2) is 21.7 Å². The van der Waals surface area contributed by atoms with Gasteiger partial charge in [0.15, 0.2) is 0 Å². The molecule has 1 heterocycles. The predicted octanol–water partition coefficient (Wildman–Crippen LogP) is 3.24. The van der Waals surface area contributed by atoms with Gasteiger partial charge in [0.1, 0.15) is 0 Å². The lowest BCUT2D eigenvalue weighted by Crippen LogP contribution is -2.40. The molecule has 1 aromatic rings. The van der Waals surface area contributed by atoms with E-state index in [0.29, 0.717) is 17.6 Å². The quantitative estimate of drug-likeness (QED) is 0.927. The van der Waals surface area contributed by atoms with Gasteiger partial charge in [-0.2, -0.15) is 5.10 Å². The molecule has 0 saturated heterocycles. The first-order valence-corrected chi connectivity index (χ1v) is 7.86. The Balaban J connectivity index is 1.91. The number of hydrogen-bond donors (Lipinski definition) is 1. The zero-order valence-electron chi connectivity index (χ0n) is 12.6. The number of amides is 1. The number of hydrogen-bond acceptors (Lipinski definition) is 2. The van der Waals surface area contributed by atoms with Gasteiger partial charge in [-0.15, -0.1) is 0 Å². The molecule has 1 saturated carbocycles. The Hall–Kier alpha value is -1.03. The molecule has 0 aliphatic heterocycles. The Morgan fingerprint density at radius 3 is 2.60 bits per heavy atom. The van der Waals surface area contributed by atoms with Gasteiger partial charge in [-0.3, -0.25) is 9.48 Å². The molecule has 1 unspecified atom stereocenters. The van der Waals surface area contributed by atoms with Crippen LogP contribution in [0.15, 0.2) is 0 Å². The SMILES string of the molecule is Cc1nn(CC(C)C(=O)NC2CCCCC2)c(C)c1Cl. The number of halogens is 1. The van der Waals surface area contributed by atoms with Crippen molar-refractivity contribution in [2.24, 2.45) is 5.92 Å². The smallest absolute Gasteiger partial charge is 0.224 e. The van der Waals surface area contributed by atoms with E-state index in [1.54, 1.807) is 0 Å². The number of aryl methyl sites for hydroxylation is 1. The molecule has 2 rings (SSSR count). The van der Waals surface area contributed by atoms with Gasteiger partial charge in [-0.1, -0.05) is 37.8 Å². The number of rotatable bonds is 4. The Morgan fingerprint density at radius 2 is 2.05 bits per heavy atom. The second-order valence-electron chi connectivity index (χ2n) is 5.91. The maximum atomic E-state index is 12.2. The standard InChI is InChI=1S/C15H24ClN3O/c1-10(9-19-12(3)14(16)11(2)18-19)15(20)17-13-7-5-4-6-8-13/h10,13H,4-9H2,1-3H3,(H,17,20). The molecular weight excluding hydrogens is 274 g/mol. The molecular formula is C15H24ClN3O. The molecule has 0 aromatic carbocycles. The van der Waals surface area contributed by atoms with Crippen LogP contribution in [0.5, 0.6) is 0 Å². The second kappa shape index (κ2) is 6.61. The first-order chi connectivity index (χ1) is 9.49. The molecule has 0 radical (unpaired) electrons. The predicted molar refractivity (Wildman–Crippen MR) is 80.9 cm³/mol. The van der Waals surface area contributed by atoms with Gasteiger partial charge in [-0.25, -0.2) is 0 Å². The van der Waals surface area contributed by atoms with Crippen LogP contribution in [0.2, 0.25) is 5.02 Å². The summed E-state index contributed by atoms with van der Waals surface area (Å²) in [6.45, 7) is 6.35.